The minimum absolute atomic E-state index is 0.00235. The van der Waals surface area contributed by atoms with Gasteiger partial charge in [-0.15, -0.1) is 11.8 Å². The molecule has 2 aromatic carbocycles. The van der Waals surface area contributed by atoms with E-state index in [1.54, 1.807) is 43.3 Å². The van der Waals surface area contributed by atoms with Crippen molar-refractivity contribution >= 4 is 70.0 Å². The molecular weight excluding hydrogens is 510 g/mol. The van der Waals surface area contributed by atoms with Crippen LogP contribution in [0.25, 0.3) is 0 Å². The molecule has 4 nitrogen and oxygen atoms in total. The van der Waals surface area contributed by atoms with Crippen molar-refractivity contribution in [1.82, 2.24) is 10.2 Å². The third kappa shape index (κ3) is 7.46. The fourth-order valence-electron chi connectivity index (χ4n) is 2.90. The molecule has 0 aliphatic heterocycles. The van der Waals surface area contributed by atoms with Crippen molar-refractivity contribution in [2.24, 2.45) is 0 Å². The summed E-state index contributed by atoms with van der Waals surface area (Å²) in [6, 6.07) is 9.76. The predicted octanol–water partition coefficient (Wildman–Crippen LogP) is 6.87. The summed E-state index contributed by atoms with van der Waals surface area (Å²) >= 11 is 26.5. The van der Waals surface area contributed by atoms with E-state index in [0.717, 1.165) is 12.0 Å². The van der Waals surface area contributed by atoms with Gasteiger partial charge in [0.25, 0.3) is 0 Å². The highest BCUT2D eigenvalue weighted by Gasteiger charge is 2.28. The van der Waals surface area contributed by atoms with E-state index >= 15 is 0 Å². The Morgan fingerprint density at radius 1 is 0.938 bits per heavy atom. The number of hydrogen-bond donors (Lipinski definition) is 1. The van der Waals surface area contributed by atoms with Crippen LogP contribution in [-0.4, -0.2) is 34.6 Å². The maximum Gasteiger partial charge on any atom is 0.242 e. The third-order valence-corrected chi connectivity index (χ3v) is 7.45. The van der Waals surface area contributed by atoms with Crippen molar-refractivity contribution in [2.75, 3.05) is 5.75 Å². The SMILES string of the molecule is CC[C@@H](C)NC(=O)[C@H](C)N(Cc1c(Cl)cccc1Cl)C(=O)CSCc1c(Cl)cccc1Cl. The largest absolute Gasteiger partial charge is 0.352 e. The average molecular weight is 536 g/mol. The van der Waals surface area contributed by atoms with E-state index in [9.17, 15) is 9.59 Å². The van der Waals surface area contributed by atoms with E-state index in [0.29, 0.717) is 31.4 Å². The lowest BCUT2D eigenvalue weighted by atomic mass is 10.1. The van der Waals surface area contributed by atoms with Crippen LogP contribution in [0.5, 0.6) is 0 Å². The second kappa shape index (κ2) is 13.0. The first kappa shape index (κ1) is 27.1. The number of halogens is 4. The molecule has 1 N–H and O–H groups in total. The lowest BCUT2D eigenvalue weighted by Crippen LogP contribution is -2.50. The molecule has 9 heteroatoms. The summed E-state index contributed by atoms with van der Waals surface area (Å²) in [5, 5.41) is 4.93. The summed E-state index contributed by atoms with van der Waals surface area (Å²) in [4.78, 5) is 27.5. The summed E-state index contributed by atoms with van der Waals surface area (Å²) in [6.45, 7) is 5.74. The van der Waals surface area contributed by atoms with Gasteiger partial charge >= 0.3 is 0 Å². The van der Waals surface area contributed by atoms with E-state index in [4.69, 9.17) is 46.4 Å². The van der Waals surface area contributed by atoms with Gasteiger partial charge < -0.3 is 10.2 Å². The highest BCUT2D eigenvalue weighted by molar-refractivity contribution is 7.99. The van der Waals surface area contributed by atoms with Crippen molar-refractivity contribution in [3.05, 3.63) is 67.6 Å². The van der Waals surface area contributed by atoms with Crippen molar-refractivity contribution < 1.29 is 9.59 Å². The van der Waals surface area contributed by atoms with Crippen LogP contribution in [0.4, 0.5) is 0 Å². The van der Waals surface area contributed by atoms with Crippen LogP contribution < -0.4 is 5.32 Å². The third-order valence-electron chi connectivity index (χ3n) is 5.09. The maximum absolute atomic E-state index is 13.2. The van der Waals surface area contributed by atoms with Gasteiger partial charge in [0.05, 0.1) is 5.75 Å². The number of nitrogens with zero attached hydrogens (tertiary/aromatic N) is 1. The molecule has 0 spiro atoms. The second-order valence-corrected chi connectivity index (χ2v) is 10.0. The van der Waals surface area contributed by atoms with Crippen LogP contribution in [0.1, 0.15) is 38.3 Å². The fraction of sp³-hybridized carbons (Fsp3) is 0.391. The number of nitrogens with one attached hydrogen (secondary N) is 1. The molecule has 0 aliphatic carbocycles. The molecule has 2 aromatic rings. The Morgan fingerprint density at radius 2 is 1.44 bits per heavy atom. The van der Waals surface area contributed by atoms with Crippen molar-refractivity contribution in [3.63, 3.8) is 0 Å². The number of thioether (sulfide) groups is 1. The first-order chi connectivity index (χ1) is 15.1. The standard InChI is InChI=1S/C23H26Cl4N2O2S/c1-4-14(2)28-23(31)15(3)29(11-16-18(24)7-5-8-19(16)25)22(30)13-32-12-17-20(26)9-6-10-21(17)27/h5-10,14-15H,4,11-13H2,1-3H3,(H,28,31)/t14-,15+/m1/s1. The normalized spacial score (nSPS) is 12.8. The van der Waals surface area contributed by atoms with E-state index in [1.807, 2.05) is 13.8 Å². The van der Waals surface area contributed by atoms with Gasteiger partial charge in [-0.25, -0.2) is 0 Å². The highest BCUT2D eigenvalue weighted by atomic mass is 35.5. The molecule has 32 heavy (non-hydrogen) atoms. The molecule has 2 rings (SSSR count). The van der Waals surface area contributed by atoms with Crippen LogP contribution in [0.3, 0.4) is 0 Å². The summed E-state index contributed by atoms with van der Waals surface area (Å²) in [7, 11) is 0. The van der Waals surface area contributed by atoms with Crippen LogP contribution >= 0.6 is 58.2 Å². The average Bonchev–Trinajstić information content (AvgIpc) is 2.74. The molecule has 0 saturated heterocycles. The van der Waals surface area contributed by atoms with E-state index in [2.05, 4.69) is 5.32 Å². The van der Waals surface area contributed by atoms with E-state index in [1.165, 1.54) is 16.7 Å². The molecular formula is C23H26Cl4N2O2S. The van der Waals surface area contributed by atoms with Crippen molar-refractivity contribution in [3.8, 4) is 0 Å². The van der Waals surface area contributed by atoms with Crippen LogP contribution in [0.2, 0.25) is 20.1 Å². The lowest BCUT2D eigenvalue weighted by Gasteiger charge is -2.30. The van der Waals surface area contributed by atoms with Gasteiger partial charge in [-0.3, -0.25) is 9.59 Å². The predicted molar refractivity (Wildman–Crippen MR) is 137 cm³/mol. The molecule has 174 valence electrons. The molecule has 0 radical (unpaired) electrons. The monoisotopic (exact) mass is 534 g/mol. The van der Waals surface area contributed by atoms with Crippen molar-refractivity contribution in [1.29, 1.82) is 0 Å². The topological polar surface area (TPSA) is 49.4 Å². The zero-order valence-electron chi connectivity index (χ0n) is 18.1. The van der Waals surface area contributed by atoms with Gasteiger partial charge in [-0.2, -0.15) is 0 Å². The van der Waals surface area contributed by atoms with Gasteiger partial charge in [-0.1, -0.05) is 65.5 Å². The Morgan fingerprint density at radius 3 is 1.94 bits per heavy atom. The number of hydrogen-bond acceptors (Lipinski definition) is 3. The molecule has 0 bridgehead atoms. The van der Waals surface area contributed by atoms with E-state index < -0.39 is 6.04 Å². The summed E-state index contributed by atoms with van der Waals surface area (Å²) in [6.07, 6.45) is 0.789. The van der Waals surface area contributed by atoms with Gasteiger partial charge in [0.1, 0.15) is 6.04 Å². The Bertz CT molecular complexity index is 917. The summed E-state index contributed by atoms with van der Waals surface area (Å²) in [5.41, 5.74) is 1.38. The Labute approximate surface area is 213 Å². The van der Waals surface area contributed by atoms with Crippen LogP contribution in [-0.2, 0) is 21.9 Å². The summed E-state index contributed by atoms with van der Waals surface area (Å²) in [5.74, 6) is 0.180. The van der Waals surface area contributed by atoms with Gasteiger partial charge in [0, 0.05) is 44.0 Å². The first-order valence-corrected chi connectivity index (χ1v) is 12.9. The molecule has 0 saturated carbocycles. The summed E-state index contributed by atoms with van der Waals surface area (Å²) < 4.78 is 0. The van der Waals surface area contributed by atoms with Gasteiger partial charge in [0.15, 0.2) is 0 Å². The molecule has 2 amide bonds. The zero-order valence-corrected chi connectivity index (χ0v) is 22.0. The first-order valence-electron chi connectivity index (χ1n) is 10.2. The lowest BCUT2D eigenvalue weighted by molar-refractivity contribution is -0.138. The van der Waals surface area contributed by atoms with Crippen LogP contribution in [0.15, 0.2) is 36.4 Å². The maximum atomic E-state index is 13.2. The molecule has 0 unspecified atom stereocenters. The fourth-order valence-corrected chi connectivity index (χ4v) is 5.06. The Kier molecular flexibility index (Phi) is 11.0. The molecule has 0 aliphatic rings. The zero-order chi connectivity index (χ0) is 23.8. The number of rotatable bonds is 10. The van der Waals surface area contributed by atoms with Gasteiger partial charge in [0.2, 0.25) is 11.8 Å². The Balaban J connectivity index is 2.18. The molecule has 2 atom stereocenters. The number of amides is 2. The van der Waals surface area contributed by atoms with Crippen LogP contribution in [0, 0.1) is 0 Å². The quantitative estimate of drug-likeness (QED) is 0.361. The number of carbonyl (C=O) groups excluding carboxylic acids is 2. The minimum atomic E-state index is -0.701. The molecule has 0 heterocycles. The Hall–Kier alpha value is -1.11. The van der Waals surface area contributed by atoms with Gasteiger partial charge in [-0.05, 0) is 50.1 Å². The minimum Gasteiger partial charge on any atom is -0.352 e. The number of carbonyl (C=O) groups is 2. The highest BCUT2D eigenvalue weighted by Crippen LogP contribution is 2.29. The smallest absolute Gasteiger partial charge is 0.242 e. The molecule has 0 aromatic heterocycles. The molecule has 0 fully saturated rings. The van der Waals surface area contributed by atoms with Crippen molar-refractivity contribution in [2.45, 2.75) is 51.6 Å². The van der Waals surface area contributed by atoms with E-state index in [-0.39, 0.29) is 30.2 Å². The second-order valence-electron chi connectivity index (χ2n) is 7.41. The number of benzene rings is 2.